The maximum absolute atomic E-state index is 13.8. The molecule has 0 spiro atoms. The van der Waals surface area contributed by atoms with Crippen LogP contribution in [0.5, 0.6) is 0 Å². The number of aliphatic hydroxyl groups excluding tert-OH is 1. The number of aryl methyl sites for hydroxylation is 3. The van der Waals surface area contributed by atoms with Gasteiger partial charge in [-0.25, -0.2) is 4.79 Å². The first-order valence-electron chi connectivity index (χ1n) is 15.1. The fourth-order valence-electron chi connectivity index (χ4n) is 5.22. The summed E-state index contributed by atoms with van der Waals surface area (Å²) in [5.74, 6) is 0.552. The standard InChI is InChI=1S/C35H43N3O5/c1-6-36-30-22-32-29(20-25(30)4)33(28-19-23(2)24(3)21-31(28)43-32)26-13-9-10-14-27(26)34(40)38(5)16-18-42-35(41)37-15-11-7-8-12-17-39/h9-10,13-14,19-22,39H,6-8,11-12,15-18H2,1-5H3,(H,37,41)/b36-30+. The molecule has 0 saturated heterocycles. The first-order chi connectivity index (χ1) is 20.7. The Hall–Kier alpha value is -4.17. The summed E-state index contributed by atoms with van der Waals surface area (Å²) in [6.45, 7) is 9.91. The molecule has 1 aliphatic heterocycles. The molecule has 4 rings (SSSR count). The van der Waals surface area contributed by atoms with Crippen LogP contribution in [0.4, 0.5) is 4.79 Å². The molecule has 0 radical (unpaired) electrons. The van der Waals surface area contributed by atoms with Crippen molar-refractivity contribution in [2.45, 2.75) is 53.4 Å². The molecule has 1 aliphatic carbocycles. The Morgan fingerprint density at radius 1 is 0.953 bits per heavy atom. The van der Waals surface area contributed by atoms with Gasteiger partial charge in [0.1, 0.15) is 18.0 Å². The summed E-state index contributed by atoms with van der Waals surface area (Å²) in [6, 6.07) is 15.9. The van der Waals surface area contributed by atoms with E-state index < -0.39 is 6.09 Å². The van der Waals surface area contributed by atoms with Gasteiger partial charge in [-0.3, -0.25) is 9.79 Å². The lowest BCUT2D eigenvalue weighted by atomic mass is 9.88. The van der Waals surface area contributed by atoms with Gasteiger partial charge in [-0.2, -0.15) is 0 Å². The number of aliphatic hydroxyl groups is 1. The summed E-state index contributed by atoms with van der Waals surface area (Å²) in [5, 5.41) is 13.4. The number of nitrogens with one attached hydrogen (secondary N) is 1. The van der Waals surface area contributed by atoms with E-state index in [1.54, 1.807) is 11.9 Å². The molecule has 2 aliphatic rings. The monoisotopic (exact) mass is 585 g/mol. The van der Waals surface area contributed by atoms with Crippen molar-refractivity contribution in [1.29, 1.82) is 0 Å². The lowest BCUT2D eigenvalue weighted by Gasteiger charge is -2.22. The highest BCUT2D eigenvalue weighted by Crippen LogP contribution is 2.42. The highest BCUT2D eigenvalue weighted by molar-refractivity contribution is 6.09. The number of benzene rings is 3. The molecule has 0 bridgehead atoms. The summed E-state index contributed by atoms with van der Waals surface area (Å²) in [7, 11) is 1.72. The molecule has 228 valence electrons. The molecule has 2 aromatic carbocycles. The van der Waals surface area contributed by atoms with Crippen LogP contribution >= 0.6 is 0 Å². The number of rotatable bonds is 12. The van der Waals surface area contributed by atoms with Gasteiger partial charge in [0, 0.05) is 54.9 Å². The third kappa shape index (κ3) is 7.62. The summed E-state index contributed by atoms with van der Waals surface area (Å²) in [4.78, 5) is 32.1. The Labute approximate surface area is 253 Å². The van der Waals surface area contributed by atoms with E-state index in [-0.39, 0.29) is 25.7 Å². The van der Waals surface area contributed by atoms with Gasteiger partial charge in [0.05, 0.1) is 11.9 Å². The molecule has 43 heavy (non-hydrogen) atoms. The van der Waals surface area contributed by atoms with Crippen LogP contribution in [-0.2, 0) is 4.74 Å². The molecule has 2 amide bonds. The van der Waals surface area contributed by atoms with Crippen molar-refractivity contribution in [2.75, 3.05) is 39.9 Å². The zero-order valence-electron chi connectivity index (χ0n) is 26.0. The first-order valence-corrected chi connectivity index (χ1v) is 15.1. The van der Waals surface area contributed by atoms with Gasteiger partial charge in [-0.05, 0) is 87.1 Å². The molecule has 0 aromatic heterocycles. The Kier molecular flexibility index (Phi) is 11.0. The molecule has 1 heterocycles. The second kappa shape index (κ2) is 14.8. The predicted octanol–water partition coefficient (Wildman–Crippen LogP) is 6.40. The third-order valence-electron chi connectivity index (χ3n) is 7.77. The van der Waals surface area contributed by atoms with Crippen LogP contribution in [0, 0.1) is 20.8 Å². The summed E-state index contributed by atoms with van der Waals surface area (Å²) in [6.07, 6.45) is 2.97. The number of hydrogen-bond donors (Lipinski definition) is 2. The van der Waals surface area contributed by atoms with Crippen molar-refractivity contribution < 1.29 is 23.8 Å². The lowest BCUT2D eigenvalue weighted by Crippen LogP contribution is -2.33. The molecule has 8 heteroatoms. The average Bonchev–Trinajstić information content (AvgIpc) is 2.99. The zero-order chi connectivity index (χ0) is 30.9. The van der Waals surface area contributed by atoms with Crippen LogP contribution in [0.25, 0.3) is 33.4 Å². The number of unbranched alkanes of at least 4 members (excludes halogenated alkanes) is 3. The Morgan fingerprint density at radius 2 is 1.70 bits per heavy atom. The minimum Gasteiger partial charge on any atom is -0.456 e. The number of amides is 2. The van der Waals surface area contributed by atoms with Crippen molar-refractivity contribution in [3.8, 4) is 22.5 Å². The van der Waals surface area contributed by atoms with Crippen LogP contribution in [0.2, 0.25) is 0 Å². The molecule has 8 nitrogen and oxygen atoms in total. The zero-order valence-corrected chi connectivity index (χ0v) is 26.0. The Balaban J connectivity index is 1.62. The molecule has 0 fully saturated rings. The number of nitrogens with zero attached hydrogens (tertiary/aromatic N) is 2. The van der Waals surface area contributed by atoms with Gasteiger partial charge in [0.15, 0.2) is 0 Å². The topological polar surface area (TPSA) is 104 Å². The summed E-state index contributed by atoms with van der Waals surface area (Å²) >= 11 is 0. The first kappa shape index (κ1) is 31.8. The second-order valence-corrected chi connectivity index (χ2v) is 11.0. The van der Waals surface area contributed by atoms with Gasteiger partial charge in [-0.15, -0.1) is 0 Å². The molecule has 0 unspecified atom stereocenters. The van der Waals surface area contributed by atoms with Crippen molar-refractivity contribution in [2.24, 2.45) is 4.99 Å². The van der Waals surface area contributed by atoms with Gasteiger partial charge in [0.25, 0.3) is 5.91 Å². The number of likely N-dealkylation sites (N-methyl/N-ethyl adjacent to an activating group) is 1. The van der Waals surface area contributed by atoms with Gasteiger partial charge < -0.3 is 24.5 Å². The lowest BCUT2D eigenvalue weighted by molar-refractivity contribution is 0.0745. The minimum absolute atomic E-state index is 0.0816. The van der Waals surface area contributed by atoms with Gasteiger partial charge >= 0.3 is 6.09 Å². The number of carbonyl (C=O) groups is 2. The van der Waals surface area contributed by atoms with E-state index in [0.29, 0.717) is 24.4 Å². The van der Waals surface area contributed by atoms with Crippen LogP contribution in [0.1, 0.15) is 59.7 Å². The van der Waals surface area contributed by atoms with Gasteiger partial charge in [-0.1, -0.05) is 31.0 Å². The summed E-state index contributed by atoms with van der Waals surface area (Å²) < 4.78 is 11.8. The number of alkyl carbamates (subject to hydrolysis) is 1. The maximum Gasteiger partial charge on any atom is 0.407 e. The highest BCUT2D eigenvalue weighted by Gasteiger charge is 2.24. The molecule has 0 saturated carbocycles. The summed E-state index contributed by atoms with van der Waals surface area (Å²) in [5.41, 5.74) is 7.29. The van der Waals surface area contributed by atoms with E-state index in [2.05, 4.69) is 42.4 Å². The van der Waals surface area contributed by atoms with Crippen LogP contribution in [-0.4, -0.2) is 61.9 Å². The number of fused-ring (bicyclic) bond motifs is 2. The van der Waals surface area contributed by atoms with Crippen molar-refractivity contribution >= 4 is 23.0 Å². The van der Waals surface area contributed by atoms with Crippen molar-refractivity contribution in [3.63, 3.8) is 0 Å². The Morgan fingerprint density at radius 3 is 2.47 bits per heavy atom. The molecule has 2 N–H and O–H groups in total. The van der Waals surface area contributed by atoms with Crippen LogP contribution < -0.4 is 10.7 Å². The molecule has 2 aromatic rings. The Bertz CT molecular complexity index is 1620. The fraction of sp³-hybridized carbons (Fsp3) is 0.400. The minimum atomic E-state index is -0.496. The molecular weight excluding hydrogens is 542 g/mol. The fourth-order valence-corrected chi connectivity index (χ4v) is 5.22. The van der Waals surface area contributed by atoms with E-state index in [9.17, 15) is 9.59 Å². The number of hydrogen-bond acceptors (Lipinski definition) is 6. The number of ether oxygens (including phenoxy) is 1. The number of carbonyl (C=O) groups excluding carboxylic acids is 2. The predicted molar refractivity (Wildman–Crippen MR) is 170 cm³/mol. The smallest absolute Gasteiger partial charge is 0.407 e. The third-order valence-corrected chi connectivity index (χ3v) is 7.77. The van der Waals surface area contributed by atoms with Crippen molar-refractivity contribution in [1.82, 2.24) is 10.2 Å². The normalized spacial score (nSPS) is 11.7. The van der Waals surface area contributed by atoms with E-state index in [4.69, 9.17) is 14.3 Å². The van der Waals surface area contributed by atoms with E-state index >= 15 is 0 Å². The second-order valence-electron chi connectivity index (χ2n) is 11.0. The van der Waals surface area contributed by atoms with E-state index in [0.717, 1.165) is 75.4 Å². The maximum atomic E-state index is 13.8. The molecule has 0 atom stereocenters. The average molecular weight is 586 g/mol. The van der Waals surface area contributed by atoms with E-state index in [1.165, 1.54) is 0 Å². The quantitative estimate of drug-likeness (QED) is 0.148. The van der Waals surface area contributed by atoms with Crippen LogP contribution in [0.3, 0.4) is 0 Å². The van der Waals surface area contributed by atoms with Crippen LogP contribution in [0.15, 0.2) is 57.9 Å². The van der Waals surface area contributed by atoms with Gasteiger partial charge in [0.2, 0.25) is 0 Å². The molecular formula is C35H43N3O5. The van der Waals surface area contributed by atoms with E-state index in [1.807, 2.05) is 44.2 Å². The SMILES string of the molecule is CC/N=c1\cc2oc3cc(C)c(C)cc3c(-c3ccccc3C(=O)N(C)CCOC(=O)NCCCCCCO)c-2cc1C. The van der Waals surface area contributed by atoms with Crippen molar-refractivity contribution in [3.05, 3.63) is 76.1 Å². The largest absolute Gasteiger partial charge is 0.456 e. The highest BCUT2D eigenvalue weighted by atomic mass is 16.5.